The van der Waals surface area contributed by atoms with Crippen LogP contribution in [0.25, 0.3) is 0 Å². The molecule has 0 N–H and O–H groups in total. The SMILES string of the molecule is C=C1CCC2C(C)(C(=O)OC)CCCC2(C=O)C1CC(=O)c1ccoc1. The van der Waals surface area contributed by atoms with Gasteiger partial charge in [0.2, 0.25) is 0 Å². The summed E-state index contributed by atoms with van der Waals surface area (Å²) in [6, 6.07) is 1.64. The molecular formula is C21H26O5. The van der Waals surface area contributed by atoms with E-state index in [4.69, 9.17) is 9.15 Å². The summed E-state index contributed by atoms with van der Waals surface area (Å²) in [5.41, 5.74) is -0.00612. The smallest absolute Gasteiger partial charge is 0.311 e. The second-order valence-corrected chi connectivity index (χ2v) is 7.93. The predicted molar refractivity (Wildman–Crippen MR) is 95.5 cm³/mol. The van der Waals surface area contributed by atoms with Crippen molar-refractivity contribution in [2.24, 2.45) is 22.7 Å². The van der Waals surface area contributed by atoms with Gasteiger partial charge in [0.05, 0.1) is 24.4 Å². The van der Waals surface area contributed by atoms with Crippen molar-refractivity contribution >= 4 is 18.0 Å². The molecule has 0 saturated heterocycles. The molecule has 5 heteroatoms. The minimum absolute atomic E-state index is 0.0582. The normalized spacial score (nSPS) is 34.0. The van der Waals surface area contributed by atoms with Gasteiger partial charge in [-0.15, -0.1) is 0 Å². The van der Waals surface area contributed by atoms with E-state index in [0.29, 0.717) is 18.4 Å². The van der Waals surface area contributed by atoms with Crippen molar-refractivity contribution in [3.05, 3.63) is 36.3 Å². The summed E-state index contributed by atoms with van der Waals surface area (Å²) in [5.74, 6) is -0.718. The molecule has 5 nitrogen and oxygen atoms in total. The van der Waals surface area contributed by atoms with E-state index in [2.05, 4.69) is 6.58 Å². The van der Waals surface area contributed by atoms with E-state index in [0.717, 1.165) is 31.1 Å². The van der Waals surface area contributed by atoms with E-state index in [1.807, 2.05) is 6.92 Å². The van der Waals surface area contributed by atoms with Gasteiger partial charge in [-0.05, 0) is 50.5 Å². The lowest BCUT2D eigenvalue weighted by atomic mass is 9.46. The van der Waals surface area contributed by atoms with Crippen LogP contribution >= 0.6 is 0 Å². The molecule has 0 bridgehead atoms. The zero-order valence-corrected chi connectivity index (χ0v) is 15.5. The van der Waals surface area contributed by atoms with E-state index >= 15 is 0 Å². The topological polar surface area (TPSA) is 73.6 Å². The largest absolute Gasteiger partial charge is 0.472 e. The molecule has 0 aliphatic heterocycles. The highest BCUT2D eigenvalue weighted by Gasteiger charge is 2.60. The van der Waals surface area contributed by atoms with Gasteiger partial charge in [0.15, 0.2) is 5.78 Å². The number of aldehydes is 1. The molecule has 0 spiro atoms. The van der Waals surface area contributed by atoms with Crippen molar-refractivity contribution in [3.63, 3.8) is 0 Å². The fourth-order valence-corrected chi connectivity index (χ4v) is 5.35. The van der Waals surface area contributed by atoms with Crippen molar-refractivity contribution in [2.45, 2.75) is 45.4 Å². The minimum Gasteiger partial charge on any atom is -0.472 e. The van der Waals surface area contributed by atoms with Crippen LogP contribution in [-0.2, 0) is 14.3 Å². The third-order valence-electron chi connectivity index (χ3n) is 6.72. The maximum absolute atomic E-state index is 12.7. The zero-order chi connectivity index (χ0) is 18.9. The third kappa shape index (κ3) is 2.74. The number of allylic oxidation sites excluding steroid dienone is 1. The maximum Gasteiger partial charge on any atom is 0.311 e. The first kappa shape index (κ1) is 18.6. The van der Waals surface area contributed by atoms with Crippen LogP contribution in [0.4, 0.5) is 0 Å². The summed E-state index contributed by atoms with van der Waals surface area (Å²) in [4.78, 5) is 37.7. The molecule has 1 heterocycles. The van der Waals surface area contributed by atoms with Crippen LogP contribution in [0.15, 0.2) is 35.2 Å². The summed E-state index contributed by atoms with van der Waals surface area (Å²) in [6.45, 7) is 6.08. The Balaban J connectivity index is 1.98. The quantitative estimate of drug-likeness (QED) is 0.344. The number of Topliss-reactive ketones (excluding diaryl/α,β-unsaturated/α-hetero) is 1. The molecule has 4 unspecified atom stereocenters. The second-order valence-electron chi connectivity index (χ2n) is 7.93. The Kier molecular flexibility index (Phi) is 4.91. The molecule has 2 aliphatic carbocycles. The second kappa shape index (κ2) is 6.86. The van der Waals surface area contributed by atoms with Gasteiger partial charge in [-0.2, -0.15) is 0 Å². The summed E-state index contributed by atoms with van der Waals surface area (Å²) in [7, 11) is 1.40. The monoisotopic (exact) mass is 358 g/mol. The Morgan fingerprint density at radius 1 is 1.42 bits per heavy atom. The lowest BCUT2D eigenvalue weighted by molar-refractivity contribution is -0.169. The zero-order valence-electron chi connectivity index (χ0n) is 15.5. The first-order chi connectivity index (χ1) is 12.4. The van der Waals surface area contributed by atoms with Gasteiger partial charge in [-0.25, -0.2) is 0 Å². The van der Waals surface area contributed by atoms with Gasteiger partial charge in [-0.1, -0.05) is 18.6 Å². The Morgan fingerprint density at radius 3 is 2.81 bits per heavy atom. The van der Waals surface area contributed by atoms with Gasteiger partial charge in [0.25, 0.3) is 0 Å². The third-order valence-corrected chi connectivity index (χ3v) is 6.72. The van der Waals surface area contributed by atoms with Crippen LogP contribution in [0, 0.1) is 22.7 Å². The number of esters is 1. The van der Waals surface area contributed by atoms with Gasteiger partial charge < -0.3 is 13.9 Å². The molecule has 0 radical (unpaired) electrons. The number of carbonyl (C=O) groups excluding carboxylic acids is 3. The van der Waals surface area contributed by atoms with Gasteiger partial charge >= 0.3 is 5.97 Å². The predicted octanol–water partition coefficient (Wildman–Crippen LogP) is 3.98. The highest BCUT2D eigenvalue weighted by molar-refractivity contribution is 5.96. The Labute approximate surface area is 153 Å². The molecular weight excluding hydrogens is 332 g/mol. The van der Waals surface area contributed by atoms with Crippen LogP contribution in [0.1, 0.15) is 55.8 Å². The molecule has 1 aromatic rings. The summed E-state index contributed by atoms with van der Waals surface area (Å²) < 4.78 is 10.1. The van der Waals surface area contributed by atoms with Gasteiger partial charge in [0.1, 0.15) is 12.5 Å². The van der Waals surface area contributed by atoms with Crippen molar-refractivity contribution in [1.82, 2.24) is 0 Å². The van der Waals surface area contributed by atoms with Gasteiger partial charge in [-0.3, -0.25) is 9.59 Å². The molecule has 4 atom stereocenters. The number of furan rings is 1. The van der Waals surface area contributed by atoms with E-state index in [-0.39, 0.29) is 30.0 Å². The first-order valence-corrected chi connectivity index (χ1v) is 9.17. The highest BCUT2D eigenvalue weighted by atomic mass is 16.5. The van der Waals surface area contributed by atoms with E-state index in [1.165, 1.54) is 19.6 Å². The Morgan fingerprint density at radius 2 is 2.19 bits per heavy atom. The fourth-order valence-electron chi connectivity index (χ4n) is 5.35. The Hall–Kier alpha value is -2.17. The molecule has 26 heavy (non-hydrogen) atoms. The molecule has 1 aromatic heterocycles. The van der Waals surface area contributed by atoms with Crippen LogP contribution in [0.2, 0.25) is 0 Å². The summed E-state index contributed by atoms with van der Waals surface area (Å²) in [6.07, 6.45) is 7.68. The standard InChI is InChI=1S/C21H26O5/c1-14-5-6-18-20(2,19(24)25-3)8-4-9-21(18,13-22)16(14)11-17(23)15-7-10-26-12-15/h7,10,12-13,16,18H,1,4-6,8-9,11H2,2-3H3. The molecule has 3 rings (SSSR count). The Bertz CT molecular complexity index is 719. The molecule has 2 aliphatic rings. The lowest BCUT2D eigenvalue weighted by Gasteiger charge is -2.56. The average molecular weight is 358 g/mol. The maximum atomic E-state index is 12.7. The van der Waals surface area contributed by atoms with Crippen LogP contribution in [0.3, 0.4) is 0 Å². The van der Waals surface area contributed by atoms with Crippen LogP contribution in [0.5, 0.6) is 0 Å². The fraction of sp³-hybridized carbons (Fsp3) is 0.571. The molecule has 2 fully saturated rings. The molecule has 0 amide bonds. The number of fused-ring (bicyclic) bond motifs is 1. The molecule has 2 saturated carbocycles. The lowest BCUT2D eigenvalue weighted by Crippen LogP contribution is -2.56. The van der Waals surface area contributed by atoms with E-state index in [1.54, 1.807) is 6.07 Å². The van der Waals surface area contributed by atoms with Crippen molar-refractivity contribution in [2.75, 3.05) is 7.11 Å². The first-order valence-electron chi connectivity index (χ1n) is 9.17. The van der Waals surface area contributed by atoms with Gasteiger partial charge in [0, 0.05) is 11.8 Å². The highest BCUT2D eigenvalue weighted by Crippen LogP contribution is 2.61. The van der Waals surface area contributed by atoms with E-state index in [9.17, 15) is 14.4 Å². The van der Waals surface area contributed by atoms with Crippen molar-refractivity contribution in [3.8, 4) is 0 Å². The number of carbonyl (C=O) groups is 3. The number of ether oxygens (including phenoxy) is 1. The van der Waals surface area contributed by atoms with Crippen LogP contribution in [-0.4, -0.2) is 25.1 Å². The minimum atomic E-state index is -0.740. The number of methoxy groups -OCH3 is 1. The van der Waals surface area contributed by atoms with E-state index < -0.39 is 10.8 Å². The molecule has 0 aromatic carbocycles. The van der Waals surface area contributed by atoms with Crippen molar-refractivity contribution < 1.29 is 23.5 Å². The van der Waals surface area contributed by atoms with Crippen molar-refractivity contribution in [1.29, 1.82) is 0 Å². The molecule has 140 valence electrons. The van der Waals surface area contributed by atoms with Crippen LogP contribution < -0.4 is 0 Å². The average Bonchev–Trinajstić information content (AvgIpc) is 3.18. The number of hydrogen-bond donors (Lipinski definition) is 0. The number of ketones is 1. The summed E-state index contributed by atoms with van der Waals surface area (Å²) >= 11 is 0. The number of rotatable bonds is 5. The number of hydrogen-bond acceptors (Lipinski definition) is 5. The summed E-state index contributed by atoms with van der Waals surface area (Å²) in [5, 5.41) is 0.